The lowest BCUT2D eigenvalue weighted by molar-refractivity contribution is 0.0203. The van der Waals surface area contributed by atoms with Gasteiger partial charge in [0.2, 0.25) is 0 Å². The van der Waals surface area contributed by atoms with Crippen LogP contribution in [0.25, 0.3) is 0 Å². The highest BCUT2D eigenvalue weighted by molar-refractivity contribution is 4.89. The van der Waals surface area contributed by atoms with Gasteiger partial charge < -0.3 is 15.6 Å². The van der Waals surface area contributed by atoms with Gasteiger partial charge in [-0.1, -0.05) is 20.8 Å². The van der Waals surface area contributed by atoms with Crippen molar-refractivity contribution in [2.75, 3.05) is 33.4 Å². The smallest absolute Gasteiger partial charge is 0.0602 e. The Hall–Kier alpha value is -0.160. The van der Waals surface area contributed by atoms with E-state index in [4.69, 9.17) is 10.5 Å². The van der Waals surface area contributed by atoms with Gasteiger partial charge in [-0.05, 0) is 31.2 Å². The first-order chi connectivity index (χ1) is 8.36. The van der Waals surface area contributed by atoms with Gasteiger partial charge in [0.05, 0.1) is 13.2 Å². The number of aliphatic hydroxyl groups excluding tert-OH is 1. The molecular formula is C14H30N2O2. The van der Waals surface area contributed by atoms with Crippen molar-refractivity contribution >= 4 is 0 Å². The molecule has 0 aliphatic carbocycles. The van der Waals surface area contributed by atoms with Gasteiger partial charge in [0.1, 0.15) is 0 Å². The summed E-state index contributed by atoms with van der Waals surface area (Å²) in [4.78, 5) is 2.20. The molecule has 1 rings (SSSR count). The van der Waals surface area contributed by atoms with Crippen molar-refractivity contribution in [1.29, 1.82) is 0 Å². The van der Waals surface area contributed by atoms with Gasteiger partial charge in [-0.15, -0.1) is 0 Å². The summed E-state index contributed by atoms with van der Waals surface area (Å²) in [5, 5.41) is 9.61. The van der Waals surface area contributed by atoms with E-state index in [1.807, 2.05) is 0 Å². The fraction of sp³-hybridized carbons (Fsp3) is 1.00. The second-order valence-electron chi connectivity index (χ2n) is 6.66. The number of nitrogens with zero attached hydrogens (tertiary/aromatic N) is 1. The van der Waals surface area contributed by atoms with Crippen molar-refractivity contribution in [2.45, 2.75) is 45.7 Å². The molecule has 3 N–H and O–H groups in total. The molecule has 0 aromatic heterocycles. The average Bonchev–Trinajstić information content (AvgIpc) is 2.29. The zero-order valence-corrected chi connectivity index (χ0v) is 12.4. The van der Waals surface area contributed by atoms with Gasteiger partial charge >= 0.3 is 0 Å². The Morgan fingerprint density at radius 3 is 2.56 bits per heavy atom. The van der Waals surface area contributed by atoms with Crippen LogP contribution in [0.15, 0.2) is 0 Å². The Balaban J connectivity index is 2.53. The summed E-state index contributed by atoms with van der Waals surface area (Å²) in [6, 6.07) is -0.0102. The molecule has 1 fully saturated rings. The van der Waals surface area contributed by atoms with Crippen LogP contribution in [0.4, 0.5) is 0 Å². The van der Waals surface area contributed by atoms with E-state index in [2.05, 4.69) is 32.7 Å². The normalized spacial score (nSPS) is 25.2. The maximum absolute atomic E-state index is 9.61. The molecular weight excluding hydrogens is 228 g/mol. The zero-order valence-electron chi connectivity index (χ0n) is 12.4. The molecule has 1 saturated heterocycles. The molecule has 0 bridgehead atoms. The molecule has 0 aromatic rings. The number of rotatable bonds is 5. The molecule has 0 spiro atoms. The van der Waals surface area contributed by atoms with Gasteiger partial charge in [-0.25, -0.2) is 0 Å². The molecule has 18 heavy (non-hydrogen) atoms. The van der Waals surface area contributed by atoms with E-state index in [1.165, 1.54) is 6.42 Å². The van der Waals surface area contributed by atoms with Gasteiger partial charge in [-0.2, -0.15) is 0 Å². The second-order valence-corrected chi connectivity index (χ2v) is 6.66. The molecule has 3 unspecified atom stereocenters. The van der Waals surface area contributed by atoms with E-state index in [9.17, 15) is 5.11 Å². The first-order valence-corrected chi connectivity index (χ1v) is 7.00. The van der Waals surface area contributed by atoms with Crippen molar-refractivity contribution in [3.8, 4) is 0 Å². The van der Waals surface area contributed by atoms with Crippen molar-refractivity contribution < 1.29 is 9.84 Å². The molecule has 1 aliphatic rings. The quantitative estimate of drug-likeness (QED) is 0.775. The Bertz CT molecular complexity index is 234. The predicted octanol–water partition coefficient (Wildman–Crippen LogP) is 1.08. The Morgan fingerprint density at radius 2 is 2.11 bits per heavy atom. The number of hydrogen-bond donors (Lipinski definition) is 2. The Labute approximate surface area is 111 Å². The summed E-state index contributed by atoms with van der Waals surface area (Å²) in [6.07, 6.45) is 2.36. The minimum Gasteiger partial charge on any atom is -0.395 e. The summed E-state index contributed by atoms with van der Waals surface area (Å²) in [7, 11) is 2.06. The molecule has 3 atom stereocenters. The van der Waals surface area contributed by atoms with Crippen LogP contribution in [-0.2, 0) is 4.74 Å². The topological polar surface area (TPSA) is 58.7 Å². The van der Waals surface area contributed by atoms with Gasteiger partial charge in [0.25, 0.3) is 0 Å². The van der Waals surface area contributed by atoms with Crippen molar-refractivity contribution in [1.82, 2.24) is 4.90 Å². The average molecular weight is 258 g/mol. The summed E-state index contributed by atoms with van der Waals surface area (Å²) in [5.74, 6) is 0.574. The van der Waals surface area contributed by atoms with Crippen molar-refractivity contribution in [3.05, 3.63) is 0 Å². The van der Waals surface area contributed by atoms with Crippen LogP contribution in [0.2, 0.25) is 0 Å². The molecule has 0 amide bonds. The summed E-state index contributed by atoms with van der Waals surface area (Å²) in [6.45, 7) is 9.17. The SMILES string of the molecule is CN(CC1CCCOC1)C(CO)C(N)C(C)(C)C. The largest absolute Gasteiger partial charge is 0.395 e. The Kier molecular flexibility index (Phi) is 6.05. The summed E-state index contributed by atoms with van der Waals surface area (Å²) >= 11 is 0. The number of nitrogens with two attached hydrogens (primary N) is 1. The van der Waals surface area contributed by atoms with Crippen LogP contribution in [0.3, 0.4) is 0 Å². The van der Waals surface area contributed by atoms with Crippen LogP contribution in [0.1, 0.15) is 33.6 Å². The third-order valence-corrected chi connectivity index (χ3v) is 3.97. The maximum atomic E-state index is 9.61. The third-order valence-electron chi connectivity index (χ3n) is 3.97. The van der Waals surface area contributed by atoms with E-state index in [1.54, 1.807) is 0 Å². The van der Waals surface area contributed by atoms with Gasteiger partial charge in [0.15, 0.2) is 0 Å². The lowest BCUT2D eigenvalue weighted by Crippen LogP contribution is -2.55. The number of aliphatic hydroxyl groups is 1. The first kappa shape index (κ1) is 15.9. The highest BCUT2D eigenvalue weighted by Crippen LogP contribution is 2.23. The molecule has 4 nitrogen and oxygen atoms in total. The van der Waals surface area contributed by atoms with E-state index >= 15 is 0 Å². The lowest BCUT2D eigenvalue weighted by Gasteiger charge is -2.40. The van der Waals surface area contributed by atoms with Crippen LogP contribution in [0.5, 0.6) is 0 Å². The fourth-order valence-electron chi connectivity index (χ4n) is 2.60. The molecule has 108 valence electrons. The second kappa shape index (κ2) is 6.85. The molecule has 1 heterocycles. The van der Waals surface area contributed by atoms with E-state index in [0.717, 1.165) is 26.2 Å². The molecule has 0 aromatic carbocycles. The lowest BCUT2D eigenvalue weighted by atomic mass is 9.82. The maximum Gasteiger partial charge on any atom is 0.0602 e. The highest BCUT2D eigenvalue weighted by atomic mass is 16.5. The first-order valence-electron chi connectivity index (χ1n) is 7.00. The monoisotopic (exact) mass is 258 g/mol. The number of likely N-dealkylation sites (N-methyl/N-ethyl adjacent to an activating group) is 1. The summed E-state index contributed by atoms with van der Waals surface area (Å²) < 4.78 is 5.50. The minimum atomic E-state index is -0.0305. The molecule has 0 saturated carbocycles. The van der Waals surface area contributed by atoms with Crippen LogP contribution in [-0.4, -0.2) is 55.5 Å². The standard InChI is InChI=1S/C14H30N2O2/c1-14(2,3)13(15)12(9-17)16(4)8-11-6-5-7-18-10-11/h11-13,17H,5-10,15H2,1-4H3. The molecule has 1 aliphatic heterocycles. The van der Waals surface area contributed by atoms with Gasteiger partial charge in [0, 0.05) is 25.2 Å². The zero-order chi connectivity index (χ0) is 13.8. The molecule has 0 radical (unpaired) electrons. The number of ether oxygens (including phenoxy) is 1. The van der Waals surface area contributed by atoms with E-state index in [0.29, 0.717) is 5.92 Å². The van der Waals surface area contributed by atoms with Crippen LogP contribution < -0.4 is 5.73 Å². The van der Waals surface area contributed by atoms with E-state index in [-0.39, 0.29) is 24.1 Å². The third kappa shape index (κ3) is 4.50. The predicted molar refractivity (Wildman–Crippen MR) is 74.5 cm³/mol. The minimum absolute atomic E-state index is 0.00468. The fourth-order valence-corrected chi connectivity index (χ4v) is 2.60. The van der Waals surface area contributed by atoms with Gasteiger partial charge in [-0.3, -0.25) is 4.90 Å². The van der Waals surface area contributed by atoms with Crippen LogP contribution in [0, 0.1) is 11.3 Å². The highest BCUT2D eigenvalue weighted by Gasteiger charge is 2.32. The summed E-state index contributed by atoms with van der Waals surface area (Å²) in [5.41, 5.74) is 6.28. The number of hydrogen-bond acceptors (Lipinski definition) is 4. The van der Waals surface area contributed by atoms with E-state index < -0.39 is 0 Å². The molecule has 4 heteroatoms. The Morgan fingerprint density at radius 1 is 1.44 bits per heavy atom. The van der Waals surface area contributed by atoms with Crippen molar-refractivity contribution in [2.24, 2.45) is 17.1 Å². The van der Waals surface area contributed by atoms with Crippen molar-refractivity contribution in [3.63, 3.8) is 0 Å². The van der Waals surface area contributed by atoms with Crippen LogP contribution >= 0.6 is 0 Å².